The molecule has 0 unspecified atom stereocenters. The Morgan fingerprint density at radius 3 is 2.46 bits per heavy atom. The van der Waals surface area contributed by atoms with Crippen LogP contribution in [-0.4, -0.2) is 28.0 Å². The molecule has 2 aromatic rings. The standard InChI is InChI=1S/C17H20N2O4S/c1-13-10-15(23-2)8-9-16(13)24(21,22)19-12-17(20)18-11-14-6-4-3-5-7-14/h3-10,19H,11-12H2,1-2H3,(H,18,20). The van der Waals surface area contributed by atoms with Gasteiger partial charge in [-0.3, -0.25) is 4.79 Å². The van der Waals surface area contributed by atoms with Crippen LogP contribution in [0.5, 0.6) is 5.75 Å². The van der Waals surface area contributed by atoms with Gasteiger partial charge in [-0.2, -0.15) is 0 Å². The number of hydrogen-bond donors (Lipinski definition) is 2. The van der Waals surface area contributed by atoms with Gasteiger partial charge in [0.25, 0.3) is 0 Å². The predicted molar refractivity (Wildman–Crippen MR) is 91.2 cm³/mol. The number of nitrogens with one attached hydrogen (secondary N) is 2. The summed E-state index contributed by atoms with van der Waals surface area (Å²) >= 11 is 0. The van der Waals surface area contributed by atoms with E-state index in [1.54, 1.807) is 19.1 Å². The van der Waals surface area contributed by atoms with Gasteiger partial charge in [0.1, 0.15) is 5.75 Å². The molecule has 0 aliphatic rings. The van der Waals surface area contributed by atoms with Gasteiger partial charge in [0, 0.05) is 6.54 Å². The normalized spacial score (nSPS) is 11.1. The van der Waals surface area contributed by atoms with Crippen molar-refractivity contribution in [1.29, 1.82) is 0 Å². The van der Waals surface area contributed by atoms with Crippen molar-refractivity contribution in [3.05, 3.63) is 59.7 Å². The minimum Gasteiger partial charge on any atom is -0.497 e. The Kier molecular flexibility index (Phi) is 5.94. The van der Waals surface area contributed by atoms with E-state index in [2.05, 4.69) is 10.0 Å². The van der Waals surface area contributed by atoms with E-state index < -0.39 is 15.9 Å². The maximum atomic E-state index is 12.3. The molecule has 0 radical (unpaired) electrons. The summed E-state index contributed by atoms with van der Waals surface area (Å²) in [6.45, 7) is 1.70. The fraction of sp³-hybridized carbons (Fsp3) is 0.235. The molecule has 0 bridgehead atoms. The average Bonchev–Trinajstić information content (AvgIpc) is 2.58. The molecule has 0 fully saturated rings. The van der Waals surface area contributed by atoms with E-state index in [1.165, 1.54) is 13.2 Å². The monoisotopic (exact) mass is 348 g/mol. The van der Waals surface area contributed by atoms with Crippen molar-refractivity contribution >= 4 is 15.9 Å². The largest absolute Gasteiger partial charge is 0.497 e. The van der Waals surface area contributed by atoms with Gasteiger partial charge in [-0.05, 0) is 36.2 Å². The van der Waals surface area contributed by atoms with E-state index in [0.717, 1.165) is 5.56 Å². The molecule has 2 rings (SSSR count). The number of hydrogen-bond acceptors (Lipinski definition) is 4. The lowest BCUT2D eigenvalue weighted by atomic mass is 10.2. The number of aryl methyl sites for hydroxylation is 1. The maximum absolute atomic E-state index is 12.3. The lowest BCUT2D eigenvalue weighted by molar-refractivity contribution is -0.120. The van der Waals surface area contributed by atoms with Crippen LogP contribution in [0.25, 0.3) is 0 Å². The van der Waals surface area contributed by atoms with E-state index >= 15 is 0 Å². The molecular formula is C17H20N2O4S. The number of benzene rings is 2. The van der Waals surface area contributed by atoms with E-state index in [4.69, 9.17) is 4.74 Å². The number of carbonyl (C=O) groups excluding carboxylic acids is 1. The van der Waals surface area contributed by atoms with Gasteiger partial charge in [-0.15, -0.1) is 0 Å². The molecule has 128 valence electrons. The summed E-state index contributed by atoms with van der Waals surface area (Å²) in [5.41, 5.74) is 1.49. The summed E-state index contributed by atoms with van der Waals surface area (Å²) in [5.74, 6) is 0.181. The van der Waals surface area contributed by atoms with Gasteiger partial charge in [0.2, 0.25) is 15.9 Å². The quantitative estimate of drug-likeness (QED) is 0.796. The van der Waals surface area contributed by atoms with Crippen LogP contribution in [0.3, 0.4) is 0 Å². The first-order valence-electron chi connectivity index (χ1n) is 7.37. The second-order valence-corrected chi connectivity index (χ2v) is 6.95. The average molecular weight is 348 g/mol. The zero-order valence-electron chi connectivity index (χ0n) is 13.6. The number of methoxy groups -OCH3 is 1. The number of ether oxygens (including phenoxy) is 1. The maximum Gasteiger partial charge on any atom is 0.241 e. The number of carbonyl (C=O) groups is 1. The van der Waals surface area contributed by atoms with Crippen LogP contribution in [0.2, 0.25) is 0 Å². The Morgan fingerprint density at radius 1 is 1.12 bits per heavy atom. The summed E-state index contributed by atoms with van der Waals surface area (Å²) < 4.78 is 32.0. The molecule has 2 aromatic carbocycles. The van der Waals surface area contributed by atoms with Crippen LogP contribution >= 0.6 is 0 Å². The fourth-order valence-corrected chi connectivity index (χ4v) is 3.35. The van der Waals surface area contributed by atoms with Crippen LogP contribution in [0, 0.1) is 6.92 Å². The van der Waals surface area contributed by atoms with Crippen LogP contribution in [-0.2, 0) is 21.4 Å². The minimum atomic E-state index is -3.76. The van der Waals surface area contributed by atoms with E-state index in [0.29, 0.717) is 17.9 Å². The first-order chi connectivity index (χ1) is 11.4. The Morgan fingerprint density at radius 2 is 1.83 bits per heavy atom. The lowest BCUT2D eigenvalue weighted by Crippen LogP contribution is -2.36. The highest BCUT2D eigenvalue weighted by atomic mass is 32.2. The van der Waals surface area contributed by atoms with Crippen molar-refractivity contribution in [2.45, 2.75) is 18.4 Å². The Bertz CT molecular complexity index is 805. The van der Waals surface area contributed by atoms with Crippen molar-refractivity contribution in [2.75, 3.05) is 13.7 Å². The van der Waals surface area contributed by atoms with Crippen LogP contribution in [0.1, 0.15) is 11.1 Å². The second kappa shape index (κ2) is 7.94. The number of rotatable bonds is 7. The van der Waals surface area contributed by atoms with Gasteiger partial charge < -0.3 is 10.1 Å². The fourth-order valence-electron chi connectivity index (χ4n) is 2.15. The number of amides is 1. The topological polar surface area (TPSA) is 84.5 Å². The van der Waals surface area contributed by atoms with Crippen molar-refractivity contribution in [2.24, 2.45) is 0 Å². The van der Waals surface area contributed by atoms with Crippen molar-refractivity contribution in [3.63, 3.8) is 0 Å². The zero-order chi connectivity index (χ0) is 17.6. The predicted octanol–water partition coefficient (Wildman–Crippen LogP) is 1.60. The van der Waals surface area contributed by atoms with Crippen LogP contribution in [0.4, 0.5) is 0 Å². The summed E-state index contributed by atoms with van der Waals surface area (Å²) in [6, 6.07) is 14.0. The van der Waals surface area contributed by atoms with E-state index in [-0.39, 0.29) is 11.4 Å². The molecule has 1 amide bonds. The molecule has 2 N–H and O–H groups in total. The van der Waals surface area contributed by atoms with Crippen LogP contribution < -0.4 is 14.8 Å². The zero-order valence-corrected chi connectivity index (χ0v) is 14.4. The summed E-state index contributed by atoms with van der Waals surface area (Å²) in [5, 5.41) is 2.67. The molecule has 0 saturated heterocycles. The van der Waals surface area contributed by atoms with E-state index in [1.807, 2.05) is 30.3 Å². The van der Waals surface area contributed by atoms with Gasteiger partial charge in [0.15, 0.2) is 0 Å². The van der Waals surface area contributed by atoms with Gasteiger partial charge in [-0.25, -0.2) is 13.1 Å². The number of sulfonamides is 1. The minimum absolute atomic E-state index is 0.124. The van der Waals surface area contributed by atoms with Crippen molar-refractivity contribution in [1.82, 2.24) is 10.0 Å². The third kappa shape index (κ3) is 4.81. The highest BCUT2D eigenvalue weighted by Gasteiger charge is 2.18. The highest BCUT2D eigenvalue weighted by Crippen LogP contribution is 2.20. The second-order valence-electron chi connectivity index (χ2n) is 5.22. The molecule has 0 heterocycles. The molecule has 0 saturated carbocycles. The molecule has 0 spiro atoms. The highest BCUT2D eigenvalue weighted by molar-refractivity contribution is 7.89. The molecule has 0 aromatic heterocycles. The van der Waals surface area contributed by atoms with Gasteiger partial charge >= 0.3 is 0 Å². The van der Waals surface area contributed by atoms with Crippen LogP contribution in [0.15, 0.2) is 53.4 Å². The summed E-state index contributed by atoms with van der Waals surface area (Å²) in [7, 11) is -2.25. The molecule has 24 heavy (non-hydrogen) atoms. The lowest BCUT2D eigenvalue weighted by Gasteiger charge is -2.11. The van der Waals surface area contributed by atoms with Gasteiger partial charge in [-0.1, -0.05) is 30.3 Å². The van der Waals surface area contributed by atoms with Crippen molar-refractivity contribution < 1.29 is 17.9 Å². The molecular weight excluding hydrogens is 328 g/mol. The Balaban J connectivity index is 1.93. The first kappa shape index (κ1) is 18.0. The summed E-state index contributed by atoms with van der Waals surface area (Å²) in [4.78, 5) is 11.9. The third-order valence-electron chi connectivity index (χ3n) is 3.43. The Hall–Kier alpha value is -2.38. The Labute approximate surface area is 141 Å². The smallest absolute Gasteiger partial charge is 0.241 e. The molecule has 7 heteroatoms. The molecule has 6 nitrogen and oxygen atoms in total. The van der Waals surface area contributed by atoms with Crippen molar-refractivity contribution in [3.8, 4) is 5.75 Å². The van der Waals surface area contributed by atoms with E-state index in [9.17, 15) is 13.2 Å². The molecule has 0 aliphatic carbocycles. The third-order valence-corrected chi connectivity index (χ3v) is 4.99. The molecule has 0 aliphatic heterocycles. The first-order valence-corrected chi connectivity index (χ1v) is 8.85. The molecule has 0 atom stereocenters. The summed E-state index contributed by atoms with van der Waals surface area (Å²) in [6.07, 6.45) is 0. The van der Waals surface area contributed by atoms with Gasteiger partial charge in [0.05, 0.1) is 18.6 Å². The SMILES string of the molecule is COc1ccc(S(=O)(=O)NCC(=O)NCc2ccccc2)c(C)c1.